The molecule has 94 valence electrons. The minimum absolute atomic E-state index is 0.659. The molecule has 1 aromatic heterocycles. The molecule has 1 fully saturated rings. The maximum absolute atomic E-state index is 5.91. The lowest BCUT2D eigenvalue weighted by atomic mass is 10.2. The molecular formula is C15H17ClN2. The van der Waals surface area contributed by atoms with Gasteiger partial charge in [-0.05, 0) is 31.0 Å². The molecule has 0 saturated carbocycles. The fourth-order valence-corrected chi connectivity index (χ4v) is 2.86. The van der Waals surface area contributed by atoms with Gasteiger partial charge in [0.05, 0.1) is 11.2 Å². The molecule has 0 radical (unpaired) electrons. The van der Waals surface area contributed by atoms with Crippen LogP contribution in [0.5, 0.6) is 0 Å². The van der Waals surface area contributed by atoms with E-state index in [1.165, 1.54) is 11.8 Å². The first-order chi connectivity index (χ1) is 8.85. The average Bonchev–Trinajstić information content (AvgIpc) is 2.86. The van der Waals surface area contributed by atoms with Gasteiger partial charge in [0.1, 0.15) is 0 Å². The van der Waals surface area contributed by atoms with Crippen LogP contribution in [0.4, 0.5) is 0 Å². The number of hydrogen-bond donors (Lipinski definition) is 0. The number of benzene rings is 1. The van der Waals surface area contributed by atoms with Crippen LogP contribution in [0, 0.1) is 5.92 Å². The summed E-state index contributed by atoms with van der Waals surface area (Å²) in [5.41, 5.74) is 2.24. The van der Waals surface area contributed by atoms with Crippen molar-refractivity contribution in [1.82, 2.24) is 9.88 Å². The van der Waals surface area contributed by atoms with Crippen molar-refractivity contribution in [2.24, 2.45) is 5.92 Å². The van der Waals surface area contributed by atoms with Crippen molar-refractivity contribution < 1.29 is 0 Å². The van der Waals surface area contributed by atoms with Gasteiger partial charge < -0.3 is 0 Å². The summed E-state index contributed by atoms with van der Waals surface area (Å²) in [6.07, 6.45) is 1.22. The van der Waals surface area contributed by atoms with E-state index in [-0.39, 0.29) is 0 Å². The SMILES string of the molecule is ClCC1CCN(Cc2ccc3ccccc3n2)C1. The first-order valence-corrected chi connectivity index (χ1v) is 7.01. The molecule has 1 aliphatic heterocycles. The smallest absolute Gasteiger partial charge is 0.0705 e. The van der Waals surface area contributed by atoms with Crippen LogP contribution in [-0.4, -0.2) is 28.9 Å². The van der Waals surface area contributed by atoms with Crippen LogP contribution >= 0.6 is 11.6 Å². The Bertz CT molecular complexity index is 541. The van der Waals surface area contributed by atoms with Crippen LogP contribution < -0.4 is 0 Å². The van der Waals surface area contributed by atoms with Crippen molar-refractivity contribution in [3.63, 3.8) is 0 Å². The molecule has 1 aromatic carbocycles. The first-order valence-electron chi connectivity index (χ1n) is 6.48. The van der Waals surface area contributed by atoms with Crippen LogP contribution in [0.25, 0.3) is 10.9 Å². The Hall–Kier alpha value is -1.12. The first kappa shape index (κ1) is 11.9. The molecule has 18 heavy (non-hydrogen) atoms. The fourth-order valence-electron chi connectivity index (χ4n) is 2.61. The van der Waals surface area contributed by atoms with E-state index in [0.717, 1.165) is 36.7 Å². The highest BCUT2D eigenvalue weighted by Crippen LogP contribution is 2.20. The summed E-state index contributed by atoms with van der Waals surface area (Å²) in [7, 11) is 0. The Morgan fingerprint density at radius 2 is 2.11 bits per heavy atom. The van der Waals surface area contributed by atoms with E-state index in [2.05, 4.69) is 35.2 Å². The van der Waals surface area contributed by atoms with E-state index in [4.69, 9.17) is 16.6 Å². The molecule has 0 bridgehead atoms. The third-order valence-electron chi connectivity index (χ3n) is 3.63. The lowest BCUT2D eigenvalue weighted by Gasteiger charge is -2.15. The number of hydrogen-bond acceptors (Lipinski definition) is 2. The van der Waals surface area contributed by atoms with Crippen molar-refractivity contribution in [2.75, 3.05) is 19.0 Å². The Labute approximate surface area is 113 Å². The quantitative estimate of drug-likeness (QED) is 0.788. The van der Waals surface area contributed by atoms with Crippen LogP contribution in [0.3, 0.4) is 0 Å². The highest BCUT2D eigenvalue weighted by Gasteiger charge is 2.21. The molecular weight excluding hydrogens is 244 g/mol. The van der Waals surface area contributed by atoms with Gasteiger partial charge in [-0.2, -0.15) is 0 Å². The molecule has 0 N–H and O–H groups in total. The van der Waals surface area contributed by atoms with Gasteiger partial charge >= 0.3 is 0 Å². The van der Waals surface area contributed by atoms with E-state index in [1.54, 1.807) is 0 Å². The fraction of sp³-hybridized carbons (Fsp3) is 0.400. The van der Waals surface area contributed by atoms with Gasteiger partial charge in [-0.25, -0.2) is 0 Å². The molecule has 1 aliphatic rings. The maximum atomic E-state index is 5.91. The second-order valence-corrected chi connectivity index (χ2v) is 5.35. The van der Waals surface area contributed by atoms with E-state index >= 15 is 0 Å². The third kappa shape index (κ3) is 2.50. The number of alkyl halides is 1. The van der Waals surface area contributed by atoms with Gasteiger partial charge in [-0.3, -0.25) is 9.88 Å². The molecule has 0 aliphatic carbocycles. The Kier molecular flexibility index (Phi) is 3.48. The zero-order valence-corrected chi connectivity index (χ0v) is 11.1. The van der Waals surface area contributed by atoms with Gasteiger partial charge in [-0.15, -0.1) is 11.6 Å². The third-order valence-corrected chi connectivity index (χ3v) is 4.07. The van der Waals surface area contributed by atoms with Crippen molar-refractivity contribution >= 4 is 22.5 Å². The zero-order valence-electron chi connectivity index (χ0n) is 10.3. The monoisotopic (exact) mass is 260 g/mol. The number of nitrogens with zero attached hydrogens (tertiary/aromatic N) is 2. The van der Waals surface area contributed by atoms with Crippen LogP contribution in [-0.2, 0) is 6.54 Å². The van der Waals surface area contributed by atoms with E-state index in [0.29, 0.717) is 5.92 Å². The summed E-state index contributed by atoms with van der Waals surface area (Å²) in [6, 6.07) is 12.6. The molecule has 1 unspecified atom stereocenters. The second-order valence-electron chi connectivity index (χ2n) is 5.04. The summed E-state index contributed by atoms with van der Waals surface area (Å²) in [6.45, 7) is 3.20. The summed E-state index contributed by atoms with van der Waals surface area (Å²) < 4.78 is 0. The largest absolute Gasteiger partial charge is 0.297 e. The predicted octanol–water partition coefficient (Wildman–Crippen LogP) is 3.30. The normalized spacial score (nSPS) is 20.6. The highest BCUT2D eigenvalue weighted by molar-refractivity contribution is 6.18. The number of para-hydroxylation sites is 1. The minimum Gasteiger partial charge on any atom is -0.297 e. The minimum atomic E-state index is 0.659. The molecule has 1 saturated heterocycles. The van der Waals surface area contributed by atoms with Crippen LogP contribution in [0.2, 0.25) is 0 Å². The summed E-state index contributed by atoms with van der Waals surface area (Å²) in [5, 5.41) is 1.21. The number of likely N-dealkylation sites (tertiary alicyclic amines) is 1. The number of fused-ring (bicyclic) bond motifs is 1. The molecule has 1 atom stereocenters. The Morgan fingerprint density at radius 3 is 2.94 bits per heavy atom. The molecule has 0 amide bonds. The maximum Gasteiger partial charge on any atom is 0.0705 e. The Morgan fingerprint density at radius 1 is 1.22 bits per heavy atom. The van der Waals surface area contributed by atoms with Gasteiger partial charge in [0.15, 0.2) is 0 Å². The number of rotatable bonds is 3. The van der Waals surface area contributed by atoms with Gasteiger partial charge in [0.25, 0.3) is 0 Å². The Balaban J connectivity index is 1.75. The summed E-state index contributed by atoms with van der Waals surface area (Å²) in [4.78, 5) is 7.16. The summed E-state index contributed by atoms with van der Waals surface area (Å²) >= 11 is 5.91. The zero-order chi connectivity index (χ0) is 12.4. The molecule has 3 heteroatoms. The number of pyridine rings is 1. The van der Waals surface area contributed by atoms with E-state index < -0.39 is 0 Å². The highest BCUT2D eigenvalue weighted by atomic mass is 35.5. The van der Waals surface area contributed by atoms with E-state index in [9.17, 15) is 0 Å². The van der Waals surface area contributed by atoms with Crippen molar-refractivity contribution in [3.8, 4) is 0 Å². The lowest BCUT2D eigenvalue weighted by Crippen LogP contribution is -2.21. The molecule has 0 spiro atoms. The topological polar surface area (TPSA) is 16.1 Å². The molecule has 2 nitrogen and oxygen atoms in total. The molecule has 2 aromatic rings. The second kappa shape index (κ2) is 5.25. The standard InChI is InChI=1S/C15H17ClN2/c16-9-12-7-8-18(10-12)11-14-6-5-13-3-1-2-4-15(13)17-14/h1-6,12H,7-11H2. The van der Waals surface area contributed by atoms with Crippen molar-refractivity contribution in [3.05, 3.63) is 42.1 Å². The number of halogens is 1. The average molecular weight is 261 g/mol. The van der Waals surface area contributed by atoms with Gasteiger partial charge in [0.2, 0.25) is 0 Å². The van der Waals surface area contributed by atoms with Crippen LogP contribution in [0.1, 0.15) is 12.1 Å². The van der Waals surface area contributed by atoms with Gasteiger partial charge in [0, 0.05) is 24.4 Å². The summed E-state index contributed by atoms with van der Waals surface area (Å²) in [5.74, 6) is 1.44. The van der Waals surface area contributed by atoms with Crippen molar-refractivity contribution in [2.45, 2.75) is 13.0 Å². The van der Waals surface area contributed by atoms with E-state index in [1.807, 2.05) is 6.07 Å². The van der Waals surface area contributed by atoms with Gasteiger partial charge in [-0.1, -0.05) is 24.3 Å². The molecule has 2 heterocycles. The van der Waals surface area contributed by atoms with Crippen LogP contribution in [0.15, 0.2) is 36.4 Å². The van der Waals surface area contributed by atoms with Crippen molar-refractivity contribution in [1.29, 1.82) is 0 Å². The molecule has 3 rings (SSSR count). The number of aromatic nitrogens is 1. The lowest BCUT2D eigenvalue weighted by molar-refractivity contribution is 0.317. The predicted molar refractivity (Wildman–Crippen MR) is 75.8 cm³/mol.